The molecule has 3 aromatic rings. The van der Waals surface area contributed by atoms with Crippen LogP contribution in [0.15, 0.2) is 54.7 Å². The minimum absolute atomic E-state index is 0.0329. The summed E-state index contributed by atoms with van der Waals surface area (Å²) < 4.78 is 12.4. The van der Waals surface area contributed by atoms with Gasteiger partial charge in [-0.3, -0.25) is 19.5 Å². The highest BCUT2D eigenvalue weighted by Crippen LogP contribution is 2.27. The van der Waals surface area contributed by atoms with Gasteiger partial charge in [-0.15, -0.1) is 0 Å². The Hall–Kier alpha value is -3.81. The van der Waals surface area contributed by atoms with E-state index in [1.54, 1.807) is 30.6 Å². The number of nitrogens with one attached hydrogen (secondary N) is 1. The number of carbonyl (C=O) groups is 2. The van der Waals surface area contributed by atoms with E-state index in [1.165, 1.54) is 0 Å². The molecule has 0 aliphatic carbocycles. The summed E-state index contributed by atoms with van der Waals surface area (Å²) in [4.78, 5) is 31.6. The first-order valence-electron chi connectivity index (χ1n) is 11.3. The number of carbonyl (C=O) groups excluding carboxylic acids is 2. The normalized spacial score (nSPS) is 10.8. The van der Waals surface area contributed by atoms with E-state index in [0.717, 1.165) is 17.0 Å². The molecule has 0 aliphatic heterocycles. The zero-order valence-electron chi connectivity index (χ0n) is 20.4. The summed E-state index contributed by atoms with van der Waals surface area (Å²) in [5, 5.41) is 2.90. The van der Waals surface area contributed by atoms with E-state index in [9.17, 15) is 9.59 Å². The summed E-state index contributed by atoms with van der Waals surface area (Å²) in [6.07, 6.45) is 2.20. The van der Waals surface area contributed by atoms with Gasteiger partial charge in [0.2, 0.25) is 17.8 Å². The molecule has 8 heteroatoms. The van der Waals surface area contributed by atoms with Gasteiger partial charge < -0.3 is 14.4 Å². The Bertz CT molecular complexity index is 1120. The fourth-order valence-electron chi connectivity index (χ4n) is 3.59. The van der Waals surface area contributed by atoms with Crippen LogP contribution >= 0.6 is 0 Å². The summed E-state index contributed by atoms with van der Waals surface area (Å²) in [7, 11) is 3.22. The Morgan fingerprint density at radius 2 is 1.76 bits per heavy atom. The van der Waals surface area contributed by atoms with Gasteiger partial charge in [0.25, 0.3) is 0 Å². The first kappa shape index (κ1) is 24.8. The number of anilines is 1. The lowest BCUT2D eigenvalue weighted by molar-refractivity contribution is -0.134. The number of hydrogen-bond acceptors (Lipinski definition) is 5. The minimum Gasteiger partial charge on any atom is -0.497 e. The molecule has 1 aromatic heterocycles. The predicted molar refractivity (Wildman–Crippen MR) is 132 cm³/mol. The Kier molecular flexibility index (Phi) is 8.29. The third-order valence-corrected chi connectivity index (χ3v) is 5.25. The second-order valence-corrected chi connectivity index (χ2v) is 8.32. The summed E-state index contributed by atoms with van der Waals surface area (Å²) >= 11 is 0. The number of amides is 2. The Balaban J connectivity index is 1.94. The zero-order valence-corrected chi connectivity index (χ0v) is 20.4. The molecule has 2 amide bonds. The van der Waals surface area contributed by atoms with Gasteiger partial charge in [-0.05, 0) is 42.3 Å². The van der Waals surface area contributed by atoms with Gasteiger partial charge in [-0.2, -0.15) is 0 Å². The van der Waals surface area contributed by atoms with Crippen molar-refractivity contribution in [3.63, 3.8) is 0 Å². The molecule has 1 heterocycles. The average molecular weight is 465 g/mol. The standard InChI is InChI=1S/C26H32N4O4/c1-6-25(32)29(15-18(2)3)17-24(31)28-26-27-23(19-8-7-9-22(14-19)34-5)16-30(26)20-10-12-21(33-4)13-11-20/h7-14,16,18H,6,15,17H2,1-5H3,(H,27,28,31). The third-order valence-electron chi connectivity index (χ3n) is 5.25. The number of methoxy groups -OCH3 is 2. The molecule has 1 N–H and O–H groups in total. The SMILES string of the molecule is CCC(=O)N(CC(=O)Nc1nc(-c2cccc(OC)c2)cn1-c1ccc(OC)cc1)CC(C)C. The molecule has 0 radical (unpaired) electrons. The fraction of sp³-hybridized carbons (Fsp3) is 0.346. The van der Waals surface area contributed by atoms with E-state index in [-0.39, 0.29) is 24.3 Å². The third kappa shape index (κ3) is 6.15. The van der Waals surface area contributed by atoms with E-state index in [2.05, 4.69) is 10.3 Å². The molecule has 0 saturated carbocycles. The van der Waals surface area contributed by atoms with Crippen LogP contribution in [-0.4, -0.2) is 53.6 Å². The van der Waals surface area contributed by atoms with Crippen LogP contribution < -0.4 is 14.8 Å². The number of hydrogen-bond donors (Lipinski definition) is 1. The molecular formula is C26H32N4O4. The van der Waals surface area contributed by atoms with Crippen LogP contribution in [0.3, 0.4) is 0 Å². The monoisotopic (exact) mass is 464 g/mol. The molecule has 2 aromatic carbocycles. The van der Waals surface area contributed by atoms with Crippen LogP contribution in [0.25, 0.3) is 16.9 Å². The molecular weight excluding hydrogens is 432 g/mol. The molecule has 0 atom stereocenters. The number of benzene rings is 2. The highest BCUT2D eigenvalue weighted by atomic mass is 16.5. The van der Waals surface area contributed by atoms with Crippen LogP contribution in [0.1, 0.15) is 27.2 Å². The minimum atomic E-state index is -0.306. The van der Waals surface area contributed by atoms with Crippen molar-refractivity contribution in [3.8, 4) is 28.4 Å². The second kappa shape index (κ2) is 11.4. The lowest BCUT2D eigenvalue weighted by Gasteiger charge is -2.23. The van der Waals surface area contributed by atoms with E-state index >= 15 is 0 Å². The van der Waals surface area contributed by atoms with E-state index in [1.807, 2.05) is 68.6 Å². The van der Waals surface area contributed by atoms with Crippen LogP contribution in [0.2, 0.25) is 0 Å². The van der Waals surface area contributed by atoms with Crippen molar-refractivity contribution in [3.05, 3.63) is 54.7 Å². The zero-order chi connectivity index (χ0) is 24.7. The van der Waals surface area contributed by atoms with Gasteiger partial charge in [0.05, 0.1) is 26.5 Å². The number of ether oxygens (including phenoxy) is 2. The van der Waals surface area contributed by atoms with E-state index in [4.69, 9.17) is 9.47 Å². The van der Waals surface area contributed by atoms with Gasteiger partial charge in [-0.25, -0.2) is 4.98 Å². The molecule has 0 aliphatic rings. The quantitative estimate of drug-likeness (QED) is 0.481. The van der Waals surface area contributed by atoms with Crippen LogP contribution in [0, 0.1) is 5.92 Å². The van der Waals surface area contributed by atoms with Gasteiger partial charge in [0.1, 0.15) is 11.5 Å². The molecule has 3 rings (SSSR count). The van der Waals surface area contributed by atoms with Crippen LogP contribution in [0.5, 0.6) is 11.5 Å². The molecule has 0 unspecified atom stereocenters. The van der Waals surface area contributed by atoms with Crippen LogP contribution in [-0.2, 0) is 9.59 Å². The summed E-state index contributed by atoms with van der Waals surface area (Å²) in [5.41, 5.74) is 2.33. The van der Waals surface area contributed by atoms with Gasteiger partial charge in [-0.1, -0.05) is 32.9 Å². The average Bonchev–Trinajstić information content (AvgIpc) is 3.26. The van der Waals surface area contributed by atoms with E-state index < -0.39 is 0 Å². The van der Waals surface area contributed by atoms with Gasteiger partial charge in [0.15, 0.2) is 0 Å². The van der Waals surface area contributed by atoms with E-state index in [0.29, 0.717) is 30.4 Å². The molecule has 0 saturated heterocycles. The molecule has 0 fully saturated rings. The van der Waals surface area contributed by atoms with Crippen molar-refractivity contribution >= 4 is 17.8 Å². The van der Waals surface area contributed by atoms with Gasteiger partial charge >= 0.3 is 0 Å². The lowest BCUT2D eigenvalue weighted by atomic mass is 10.1. The van der Waals surface area contributed by atoms with Crippen LogP contribution in [0.4, 0.5) is 5.95 Å². The van der Waals surface area contributed by atoms with Crippen molar-refractivity contribution in [2.45, 2.75) is 27.2 Å². The first-order chi connectivity index (χ1) is 16.3. The van der Waals surface area contributed by atoms with Crippen molar-refractivity contribution in [1.82, 2.24) is 14.5 Å². The maximum Gasteiger partial charge on any atom is 0.246 e. The van der Waals surface area contributed by atoms with Crippen molar-refractivity contribution in [2.24, 2.45) is 5.92 Å². The first-order valence-corrected chi connectivity index (χ1v) is 11.3. The summed E-state index contributed by atoms with van der Waals surface area (Å²) in [5.74, 6) is 1.69. The molecule has 0 bridgehead atoms. The maximum absolute atomic E-state index is 13.0. The highest BCUT2D eigenvalue weighted by molar-refractivity contribution is 5.93. The Morgan fingerprint density at radius 3 is 2.38 bits per heavy atom. The number of rotatable bonds is 10. The van der Waals surface area contributed by atoms with Crippen molar-refractivity contribution < 1.29 is 19.1 Å². The fourth-order valence-corrected chi connectivity index (χ4v) is 3.59. The number of nitrogens with zero attached hydrogens (tertiary/aromatic N) is 3. The predicted octanol–water partition coefficient (Wildman–Crippen LogP) is 4.39. The molecule has 8 nitrogen and oxygen atoms in total. The van der Waals surface area contributed by atoms with Crippen molar-refractivity contribution in [1.29, 1.82) is 0 Å². The molecule has 34 heavy (non-hydrogen) atoms. The Labute approximate surface area is 200 Å². The maximum atomic E-state index is 13.0. The number of aromatic nitrogens is 2. The van der Waals surface area contributed by atoms with Crippen molar-refractivity contribution in [2.75, 3.05) is 32.6 Å². The lowest BCUT2D eigenvalue weighted by Crippen LogP contribution is -2.40. The smallest absolute Gasteiger partial charge is 0.246 e. The Morgan fingerprint density at radius 1 is 1.06 bits per heavy atom. The molecule has 180 valence electrons. The highest BCUT2D eigenvalue weighted by Gasteiger charge is 2.20. The number of imidazole rings is 1. The topological polar surface area (TPSA) is 85.7 Å². The largest absolute Gasteiger partial charge is 0.497 e. The molecule has 0 spiro atoms. The summed E-state index contributed by atoms with van der Waals surface area (Å²) in [6.45, 7) is 6.32. The summed E-state index contributed by atoms with van der Waals surface area (Å²) in [6, 6.07) is 15.0. The second-order valence-electron chi connectivity index (χ2n) is 8.32. The van der Waals surface area contributed by atoms with Gasteiger partial charge in [0, 0.05) is 30.4 Å².